The molecule has 9 heteroatoms. The molecule has 1 heterocycles. The van der Waals surface area contributed by atoms with E-state index in [0.717, 1.165) is 29.7 Å². The average molecular weight is 495 g/mol. The zero-order valence-corrected chi connectivity index (χ0v) is 19.8. The average Bonchev–Trinajstić information content (AvgIpc) is 3.33. The molecule has 2 aromatic carbocycles. The molecule has 0 aliphatic carbocycles. The normalized spacial score (nSPS) is 18.4. The molecular formula is C24H28Cl2N2O5. The molecule has 33 heavy (non-hydrogen) atoms. The summed E-state index contributed by atoms with van der Waals surface area (Å²) in [7, 11) is 0. The Morgan fingerprint density at radius 1 is 1.12 bits per heavy atom. The highest BCUT2D eigenvalue weighted by atomic mass is 35.5. The fourth-order valence-electron chi connectivity index (χ4n) is 3.84. The van der Waals surface area contributed by atoms with Crippen molar-refractivity contribution in [2.75, 3.05) is 13.2 Å². The molecule has 4 N–H and O–H groups in total. The van der Waals surface area contributed by atoms with Crippen LogP contribution in [0.3, 0.4) is 0 Å². The molecule has 1 aliphatic heterocycles. The van der Waals surface area contributed by atoms with Gasteiger partial charge < -0.3 is 25.6 Å². The van der Waals surface area contributed by atoms with E-state index in [4.69, 9.17) is 27.9 Å². The largest absolute Gasteiger partial charge is 0.464 e. The summed E-state index contributed by atoms with van der Waals surface area (Å²) in [5, 5.41) is 27.9. The van der Waals surface area contributed by atoms with Gasteiger partial charge in [0.25, 0.3) is 0 Å². The molecule has 2 aromatic rings. The van der Waals surface area contributed by atoms with Crippen LogP contribution in [0.2, 0.25) is 10.0 Å². The summed E-state index contributed by atoms with van der Waals surface area (Å²) in [6.45, 7) is 2.42. The Labute approximate surface area is 203 Å². The second-order valence-electron chi connectivity index (χ2n) is 8.01. The molecule has 0 bridgehead atoms. The van der Waals surface area contributed by atoms with Gasteiger partial charge in [-0.15, -0.1) is 0 Å². The molecular weight excluding hydrogens is 467 g/mol. The number of ether oxygens (including phenoxy) is 1. The number of hydrogen-bond donors (Lipinski definition) is 4. The van der Waals surface area contributed by atoms with Gasteiger partial charge >= 0.3 is 5.97 Å². The Morgan fingerprint density at radius 3 is 2.36 bits per heavy atom. The van der Waals surface area contributed by atoms with E-state index in [-0.39, 0.29) is 25.0 Å². The van der Waals surface area contributed by atoms with Gasteiger partial charge in [-0.2, -0.15) is 0 Å². The number of aliphatic hydroxyl groups is 2. The van der Waals surface area contributed by atoms with Gasteiger partial charge in [0.1, 0.15) is 6.10 Å². The Bertz CT molecular complexity index is 944. The SMILES string of the molecule is CCOC(=O)C(O)C(O)C(Cc1ccc(-c2cc(Cl)cc(Cl)c2)cc1)NC(=O)C1CCCN1. The number of halogens is 2. The lowest BCUT2D eigenvalue weighted by Crippen LogP contribution is -2.55. The second kappa shape index (κ2) is 11.8. The standard InChI is InChI=1S/C24H28Cl2N2O5/c1-2-33-24(32)22(30)21(29)20(28-23(31)19-4-3-9-27-19)10-14-5-7-15(8-6-14)16-11-17(25)13-18(26)12-16/h5-8,11-13,19-22,27,29-30H,2-4,9-10H2,1H3,(H,28,31). The first kappa shape index (κ1) is 25.5. The Balaban J connectivity index is 1.77. The maximum atomic E-state index is 12.7. The minimum absolute atomic E-state index is 0.0701. The maximum Gasteiger partial charge on any atom is 0.337 e. The van der Waals surface area contributed by atoms with Crippen molar-refractivity contribution in [3.05, 3.63) is 58.1 Å². The van der Waals surface area contributed by atoms with Crippen molar-refractivity contribution in [1.29, 1.82) is 0 Å². The minimum Gasteiger partial charge on any atom is -0.464 e. The molecule has 0 saturated carbocycles. The third kappa shape index (κ3) is 6.91. The van der Waals surface area contributed by atoms with Crippen LogP contribution in [0.1, 0.15) is 25.3 Å². The summed E-state index contributed by atoms with van der Waals surface area (Å²) in [6.07, 6.45) is -1.55. The molecule has 3 rings (SSSR count). The van der Waals surface area contributed by atoms with Crippen LogP contribution >= 0.6 is 23.2 Å². The molecule has 4 unspecified atom stereocenters. The first-order valence-electron chi connectivity index (χ1n) is 10.9. The van der Waals surface area contributed by atoms with E-state index in [2.05, 4.69) is 10.6 Å². The molecule has 0 spiro atoms. The summed E-state index contributed by atoms with van der Waals surface area (Å²) < 4.78 is 4.82. The highest BCUT2D eigenvalue weighted by Crippen LogP contribution is 2.27. The van der Waals surface area contributed by atoms with Gasteiger partial charge in [-0.3, -0.25) is 4.79 Å². The van der Waals surface area contributed by atoms with Gasteiger partial charge in [-0.1, -0.05) is 47.5 Å². The van der Waals surface area contributed by atoms with Crippen molar-refractivity contribution in [3.63, 3.8) is 0 Å². The maximum absolute atomic E-state index is 12.7. The quantitative estimate of drug-likeness (QED) is 0.399. The minimum atomic E-state index is -1.78. The number of carbonyl (C=O) groups is 2. The molecule has 0 radical (unpaired) electrons. The van der Waals surface area contributed by atoms with Crippen LogP contribution in [0.15, 0.2) is 42.5 Å². The first-order chi connectivity index (χ1) is 15.8. The molecule has 1 fully saturated rings. The molecule has 0 aromatic heterocycles. The van der Waals surface area contributed by atoms with Gasteiger partial charge in [0, 0.05) is 10.0 Å². The summed E-state index contributed by atoms with van der Waals surface area (Å²) in [5.41, 5.74) is 2.55. The molecule has 1 saturated heterocycles. The van der Waals surface area contributed by atoms with Crippen LogP contribution < -0.4 is 10.6 Å². The van der Waals surface area contributed by atoms with E-state index in [1.54, 1.807) is 25.1 Å². The Morgan fingerprint density at radius 2 is 1.79 bits per heavy atom. The summed E-state index contributed by atoms with van der Waals surface area (Å²) in [4.78, 5) is 24.6. The van der Waals surface area contributed by atoms with Crippen molar-refractivity contribution in [2.24, 2.45) is 0 Å². The van der Waals surface area contributed by atoms with E-state index in [9.17, 15) is 19.8 Å². The van der Waals surface area contributed by atoms with Gasteiger partial charge in [0.05, 0.1) is 18.7 Å². The molecule has 178 valence electrons. The zero-order valence-electron chi connectivity index (χ0n) is 18.3. The smallest absolute Gasteiger partial charge is 0.337 e. The number of amides is 1. The number of aliphatic hydroxyl groups excluding tert-OH is 2. The van der Waals surface area contributed by atoms with E-state index in [1.165, 1.54) is 0 Å². The van der Waals surface area contributed by atoms with Gasteiger partial charge in [-0.25, -0.2) is 4.79 Å². The second-order valence-corrected chi connectivity index (χ2v) is 8.88. The van der Waals surface area contributed by atoms with E-state index >= 15 is 0 Å². The predicted molar refractivity (Wildman–Crippen MR) is 127 cm³/mol. The fraction of sp³-hybridized carbons (Fsp3) is 0.417. The number of benzene rings is 2. The van der Waals surface area contributed by atoms with E-state index in [0.29, 0.717) is 16.5 Å². The monoisotopic (exact) mass is 494 g/mol. The van der Waals surface area contributed by atoms with Gasteiger partial charge in [0.15, 0.2) is 6.10 Å². The van der Waals surface area contributed by atoms with Crippen LogP contribution in [0.5, 0.6) is 0 Å². The van der Waals surface area contributed by atoms with Crippen molar-refractivity contribution in [3.8, 4) is 11.1 Å². The third-order valence-electron chi connectivity index (χ3n) is 5.57. The topological polar surface area (TPSA) is 108 Å². The number of rotatable bonds is 9. The van der Waals surface area contributed by atoms with Crippen molar-refractivity contribution in [1.82, 2.24) is 10.6 Å². The van der Waals surface area contributed by atoms with Crippen LogP contribution in [0, 0.1) is 0 Å². The molecule has 4 atom stereocenters. The highest BCUT2D eigenvalue weighted by molar-refractivity contribution is 6.35. The summed E-state index contributed by atoms with van der Waals surface area (Å²) in [5.74, 6) is -1.21. The van der Waals surface area contributed by atoms with E-state index in [1.807, 2.05) is 24.3 Å². The van der Waals surface area contributed by atoms with Crippen molar-refractivity contribution in [2.45, 2.75) is 50.5 Å². The van der Waals surface area contributed by atoms with Crippen LogP contribution in [-0.2, 0) is 20.7 Å². The molecule has 7 nitrogen and oxygen atoms in total. The van der Waals surface area contributed by atoms with Gasteiger partial charge in [0.2, 0.25) is 5.91 Å². The van der Waals surface area contributed by atoms with Crippen molar-refractivity contribution >= 4 is 35.1 Å². The lowest BCUT2D eigenvalue weighted by atomic mass is 9.95. The van der Waals surface area contributed by atoms with E-state index < -0.39 is 24.2 Å². The molecule has 1 aliphatic rings. The predicted octanol–water partition coefficient (Wildman–Crippen LogP) is 2.72. The van der Waals surface area contributed by atoms with Crippen LogP contribution in [0.25, 0.3) is 11.1 Å². The third-order valence-corrected chi connectivity index (χ3v) is 6.01. The lowest BCUT2D eigenvalue weighted by Gasteiger charge is -2.28. The Kier molecular flexibility index (Phi) is 9.11. The summed E-state index contributed by atoms with van der Waals surface area (Å²) >= 11 is 12.2. The fourth-order valence-corrected chi connectivity index (χ4v) is 4.37. The number of carbonyl (C=O) groups excluding carboxylic acids is 2. The first-order valence-corrected chi connectivity index (χ1v) is 11.7. The Hall–Kier alpha value is -2.16. The molecule has 1 amide bonds. The lowest BCUT2D eigenvalue weighted by molar-refractivity contribution is -0.160. The zero-order chi connectivity index (χ0) is 24.0. The summed E-state index contributed by atoms with van der Waals surface area (Å²) in [6, 6.07) is 11.5. The van der Waals surface area contributed by atoms with Crippen LogP contribution in [-0.4, -0.2) is 59.5 Å². The highest BCUT2D eigenvalue weighted by Gasteiger charge is 2.35. The number of hydrogen-bond acceptors (Lipinski definition) is 6. The van der Waals surface area contributed by atoms with Crippen molar-refractivity contribution < 1.29 is 24.5 Å². The van der Waals surface area contributed by atoms with Gasteiger partial charge in [-0.05, 0) is 67.6 Å². The number of nitrogens with one attached hydrogen (secondary N) is 2. The van der Waals surface area contributed by atoms with Crippen LogP contribution in [0.4, 0.5) is 0 Å². The number of esters is 1.